The van der Waals surface area contributed by atoms with Crippen molar-refractivity contribution in [2.45, 2.75) is 19.9 Å². The van der Waals surface area contributed by atoms with Gasteiger partial charge in [0.25, 0.3) is 0 Å². The molecular weight excluding hydrogens is 310 g/mol. The van der Waals surface area contributed by atoms with Crippen molar-refractivity contribution in [3.63, 3.8) is 0 Å². The zero-order valence-corrected chi connectivity index (χ0v) is 14.2. The number of hydrogen-bond acceptors (Lipinski definition) is 4. The SMILES string of the molecule is Cc1cc(NC(C)c2cn(-c3ccccc3)nn2)c2ccccc2n1. The molecule has 4 aromatic rings. The van der Waals surface area contributed by atoms with E-state index in [0.717, 1.165) is 33.7 Å². The first-order valence-electron chi connectivity index (χ1n) is 8.31. The lowest BCUT2D eigenvalue weighted by Crippen LogP contribution is -2.08. The average molecular weight is 329 g/mol. The Hall–Kier alpha value is -3.21. The first kappa shape index (κ1) is 15.3. The predicted octanol–water partition coefficient (Wildman–Crippen LogP) is 4.30. The molecule has 1 atom stereocenters. The Bertz CT molecular complexity index is 1010. The summed E-state index contributed by atoms with van der Waals surface area (Å²) < 4.78 is 1.80. The first-order chi connectivity index (χ1) is 12.2. The smallest absolute Gasteiger partial charge is 0.105 e. The molecule has 0 spiro atoms. The molecule has 0 saturated heterocycles. The second-order valence-electron chi connectivity index (χ2n) is 6.12. The van der Waals surface area contributed by atoms with Crippen LogP contribution in [0.1, 0.15) is 24.4 Å². The van der Waals surface area contributed by atoms with E-state index in [1.165, 1.54) is 0 Å². The van der Waals surface area contributed by atoms with Crippen molar-refractivity contribution in [3.05, 3.63) is 78.2 Å². The number of para-hydroxylation sites is 2. The molecule has 0 fully saturated rings. The van der Waals surface area contributed by atoms with Gasteiger partial charge in [0, 0.05) is 16.8 Å². The third-order valence-electron chi connectivity index (χ3n) is 4.19. The molecule has 0 aliphatic heterocycles. The second-order valence-corrected chi connectivity index (χ2v) is 6.12. The lowest BCUT2D eigenvalue weighted by atomic mass is 10.1. The summed E-state index contributed by atoms with van der Waals surface area (Å²) >= 11 is 0. The number of aromatic nitrogens is 4. The zero-order valence-electron chi connectivity index (χ0n) is 14.2. The van der Waals surface area contributed by atoms with Crippen LogP contribution in [0.4, 0.5) is 5.69 Å². The number of aryl methyl sites for hydroxylation is 1. The summed E-state index contributed by atoms with van der Waals surface area (Å²) in [4.78, 5) is 4.59. The number of pyridine rings is 1. The summed E-state index contributed by atoms with van der Waals surface area (Å²) in [6.45, 7) is 4.10. The van der Waals surface area contributed by atoms with Gasteiger partial charge in [0.05, 0.1) is 23.4 Å². The van der Waals surface area contributed by atoms with Gasteiger partial charge in [-0.1, -0.05) is 41.6 Å². The Kier molecular flexibility index (Phi) is 3.90. The summed E-state index contributed by atoms with van der Waals surface area (Å²) in [7, 11) is 0. The highest BCUT2D eigenvalue weighted by Gasteiger charge is 2.13. The van der Waals surface area contributed by atoms with Gasteiger partial charge in [-0.25, -0.2) is 4.68 Å². The number of anilines is 1. The van der Waals surface area contributed by atoms with Crippen LogP contribution in [0.25, 0.3) is 16.6 Å². The molecule has 5 heteroatoms. The second kappa shape index (κ2) is 6.36. The van der Waals surface area contributed by atoms with Crippen molar-refractivity contribution >= 4 is 16.6 Å². The lowest BCUT2D eigenvalue weighted by Gasteiger charge is -2.15. The van der Waals surface area contributed by atoms with Gasteiger partial charge < -0.3 is 5.32 Å². The summed E-state index contributed by atoms with van der Waals surface area (Å²) in [5.74, 6) is 0. The molecule has 0 aliphatic rings. The van der Waals surface area contributed by atoms with E-state index in [0.29, 0.717) is 0 Å². The molecule has 2 aromatic carbocycles. The summed E-state index contributed by atoms with van der Waals surface area (Å²) in [5.41, 5.74) is 4.93. The molecule has 124 valence electrons. The molecule has 1 N–H and O–H groups in total. The van der Waals surface area contributed by atoms with E-state index >= 15 is 0 Å². The van der Waals surface area contributed by atoms with Gasteiger partial charge in [0.1, 0.15) is 5.69 Å². The highest BCUT2D eigenvalue weighted by Crippen LogP contribution is 2.26. The van der Waals surface area contributed by atoms with Crippen LogP contribution in [0, 0.1) is 6.92 Å². The maximum atomic E-state index is 4.59. The van der Waals surface area contributed by atoms with Crippen molar-refractivity contribution in [2.75, 3.05) is 5.32 Å². The minimum absolute atomic E-state index is 0.0302. The third-order valence-corrected chi connectivity index (χ3v) is 4.19. The highest BCUT2D eigenvalue weighted by atomic mass is 15.4. The summed E-state index contributed by atoms with van der Waals surface area (Å²) in [6.07, 6.45) is 1.96. The zero-order chi connectivity index (χ0) is 17.2. The fraction of sp³-hybridized carbons (Fsp3) is 0.150. The number of nitrogens with zero attached hydrogens (tertiary/aromatic N) is 4. The first-order valence-corrected chi connectivity index (χ1v) is 8.31. The highest BCUT2D eigenvalue weighted by molar-refractivity contribution is 5.91. The standard InChI is InChI=1S/C20H19N5/c1-14-12-19(17-10-6-7-11-18(17)21-14)22-15(2)20-13-25(24-23-20)16-8-4-3-5-9-16/h3-13,15H,1-2H3,(H,21,22). The fourth-order valence-electron chi connectivity index (χ4n) is 2.92. The molecule has 2 aromatic heterocycles. The van der Waals surface area contributed by atoms with Crippen molar-refractivity contribution in [1.82, 2.24) is 20.0 Å². The molecule has 0 aliphatic carbocycles. The van der Waals surface area contributed by atoms with Gasteiger partial charge in [-0.05, 0) is 38.1 Å². The largest absolute Gasteiger partial charge is 0.376 e. The predicted molar refractivity (Wildman–Crippen MR) is 99.9 cm³/mol. The van der Waals surface area contributed by atoms with E-state index in [4.69, 9.17) is 0 Å². The maximum absolute atomic E-state index is 4.59. The van der Waals surface area contributed by atoms with Crippen molar-refractivity contribution in [1.29, 1.82) is 0 Å². The van der Waals surface area contributed by atoms with E-state index < -0.39 is 0 Å². The number of rotatable bonds is 4. The van der Waals surface area contributed by atoms with Crippen LogP contribution in [0.5, 0.6) is 0 Å². The Morgan fingerprint density at radius 3 is 2.60 bits per heavy atom. The Morgan fingerprint density at radius 2 is 1.76 bits per heavy atom. The molecule has 4 rings (SSSR count). The average Bonchev–Trinajstić information content (AvgIpc) is 3.12. The van der Waals surface area contributed by atoms with Gasteiger partial charge in [-0.15, -0.1) is 5.10 Å². The third kappa shape index (κ3) is 3.08. The summed E-state index contributed by atoms with van der Waals surface area (Å²) in [6, 6.07) is 20.2. The topological polar surface area (TPSA) is 55.6 Å². The summed E-state index contributed by atoms with van der Waals surface area (Å²) in [5, 5.41) is 13.2. The van der Waals surface area contributed by atoms with Crippen LogP contribution in [0.15, 0.2) is 66.9 Å². The van der Waals surface area contributed by atoms with Crippen LogP contribution in [-0.4, -0.2) is 20.0 Å². The quantitative estimate of drug-likeness (QED) is 0.606. The van der Waals surface area contributed by atoms with Crippen molar-refractivity contribution in [2.24, 2.45) is 0 Å². The van der Waals surface area contributed by atoms with Crippen LogP contribution in [0.2, 0.25) is 0 Å². The van der Waals surface area contributed by atoms with Crippen molar-refractivity contribution < 1.29 is 0 Å². The van der Waals surface area contributed by atoms with Gasteiger partial charge in [0.15, 0.2) is 0 Å². The van der Waals surface area contributed by atoms with Gasteiger partial charge in [-0.2, -0.15) is 0 Å². The van der Waals surface area contributed by atoms with Crippen LogP contribution >= 0.6 is 0 Å². The van der Waals surface area contributed by atoms with Gasteiger partial charge in [0.2, 0.25) is 0 Å². The maximum Gasteiger partial charge on any atom is 0.105 e. The van der Waals surface area contributed by atoms with E-state index in [1.807, 2.05) is 61.7 Å². The van der Waals surface area contributed by atoms with E-state index in [1.54, 1.807) is 4.68 Å². The molecule has 0 amide bonds. The molecule has 5 nitrogen and oxygen atoms in total. The van der Waals surface area contributed by atoms with E-state index in [2.05, 4.69) is 39.7 Å². The molecular formula is C20H19N5. The van der Waals surface area contributed by atoms with E-state index in [9.17, 15) is 0 Å². The van der Waals surface area contributed by atoms with Gasteiger partial charge in [-0.3, -0.25) is 4.98 Å². The number of benzene rings is 2. The Balaban J connectivity index is 1.63. The van der Waals surface area contributed by atoms with Crippen LogP contribution in [0.3, 0.4) is 0 Å². The number of nitrogens with one attached hydrogen (secondary N) is 1. The van der Waals surface area contributed by atoms with E-state index in [-0.39, 0.29) is 6.04 Å². The Morgan fingerprint density at radius 1 is 1.00 bits per heavy atom. The molecule has 2 heterocycles. The number of fused-ring (bicyclic) bond motifs is 1. The molecule has 1 unspecified atom stereocenters. The molecule has 0 saturated carbocycles. The normalized spacial score (nSPS) is 12.2. The monoisotopic (exact) mass is 329 g/mol. The minimum Gasteiger partial charge on any atom is -0.376 e. The molecule has 25 heavy (non-hydrogen) atoms. The number of hydrogen-bond donors (Lipinski definition) is 1. The Labute approximate surface area is 146 Å². The van der Waals surface area contributed by atoms with Crippen molar-refractivity contribution in [3.8, 4) is 5.69 Å². The molecule has 0 bridgehead atoms. The van der Waals surface area contributed by atoms with Crippen LogP contribution < -0.4 is 5.32 Å². The fourth-order valence-corrected chi connectivity index (χ4v) is 2.92. The minimum atomic E-state index is 0.0302. The molecule has 0 radical (unpaired) electrons. The van der Waals surface area contributed by atoms with Crippen LogP contribution in [-0.2, 0) is 0 Å². The lowest BCUT2D eigenvalue weighted by molar-refractivity contribution is 0.781. The van der Waals surface area contributed by atoms with Gasteiger partial charge >= 0.3 is 0 Å².